The summed E-state index contributed by atoms with van der Waals surface area (Å²) in [5, 5.41) is 45.5. The quantitative estimate of drug-likeness (QED) is 0.136. The first-order chi connectivity index (χ1) is 49.8. The van der Waals surface area contributed by atoms with Gasteiger partial charge in [0.15, 0.2) is 23.4 Å². The van der Waals surface area contributed by atoms with Crippen molar-refractivity contribution >= 4 is 51.5 Å². The molecule has 0 saturated carbocycles. The number of aromatic nitrogens is 26. The van der Waals surface area contributed by atoms with E-state index in [1.54, 1.807) is 104 Å². The molecule has 578 valence electrons. The normalized spacial score (nSPS) is 10.3. The van der Waals surface area contributed by atoms with E-state index in [1.165, 1.54) is 52.7 Å². The van der Waals surface area contributed by atoms with Gasteiger partial charge in [-0.25, -0.2) is 39.9 Å². The van der Waals surface area contributed by atoms with E-state index in [2.05, 4.69) is 131 Å². The molecule has 0 fully saturated rings. The number of nitrogens with zero attached hydrogens (tertiary/aromatic N) is 28. The van der Waals surface area contributed by atoms with Gasteiger partial charge in [0, 0.05) is 136 Å². The molecule has 1 aliphatic heterocycles. The number of rotatable bonds is 0. The molecule has 0 unspecified atom stereocenters. The number of thiazole rings is 2. The second-order valence-electron chi connectivity index (χ2n) is 23.4. The fraction of sp³-hybridized carbons (Fsp3) is 0.471. The highest BCUT2D eigenvalue weighted by atomic mass is 32.1. The van der Waals surface area contributed by atoms with Crippen molar-refractivity contribution in [1.29, 1.82) is 0 Å². The molecule has 1 aliphatic rings. The Labute approximate surface area is 640 Å². The van der Waals surface area contributed by atoms with Crippen LogP contribution in [0.25, 0.3) is 0 Å². The third kappa shape index (κ3) is 50.9. The van der Waals surface area contributed by atoms with Crippen molar-refractivity contribution in [3.05, 3.63) is 209 Å². The molecular weight excluding hydrogens is 1430 g/mol. The maximum atomic E-state index is 4.85. The summed E-state index contributed by atoms with van der Waals surface area (Å²) >= 11 is 6.27. The zero-order chi connectivity index (χ0) is 79.8. The second-order valence-corrected chi connectivity index (χ2v) is 27.4. The first kappa shape index (κ1) is 93.7. The summed E-state index contributed by atoms with van der Waals surface area (Å²) in [5.41, 5.74) is 9.97. The van der Waals surface area contributed by atoms with E-state index < -0.39 is 0 Å². The van der Waals surface area contributed by atoms with Crippen molar-refractivity contribution in [2.45, 2.75) is 172 Å². The fourth-order valence-electron chi connectivity index (χ4n) is 7.49. The Kier molecular flexibility index (Phi) is 46.5. The smallest absolute Gasteiger partial charge is 0.223 e. The van der Waals surface area contributed by atoms with E-state index in [0.29, 0.717) is 23.4 Å². The average molecular weight is 1540 g/mol. The SMILES string of the molecule is CC1=NN(C)CCC1.Cc1ccn(C)n1.Cc1ccn(C)n1.Cc1cnn(C)c1.Cc1cnn(C)c1.Cc1coc(C)n1.Cc1coc(C)n1.Cc1csc(C)n1.Cc1csc(C)n1.Cc1ncn(C)n1.Cc1ncn(C)n1.Cc1noc(C)n1.Cc1noc(C)n1.Cc1nsc(C)n1.Cc1nsc(C)n1. The van der Waals surface area contributed by atoms with Crippen LogP contribution >= 0.6 is 45.7 Å². The second kappa shape index (κ2) is 52.6. The monoisotopic (exact) mass is 1530 g/mol. The molecule has 0 spiro atoms. The van der Waals surface area contributed by atoms with Gasteiger partial charge in [-0.3, -0.25) is 28.1 Å². The number of aryl methyl sites for hydroxylation is 28. The standard InChI is InChI=1S/C6H12N2.4C5H8N2.2C5H7NO.2C5H7NS.2C4H7N3.2C4H6N2O.2C4H6N2S/c1-6-4-3-5-8(2)7-6;2*1-5-3-6-7(2)4-5;2*1-5-3-4-7(2)6-5;4*1-4-3-7-5(2)6-4;2*1-4-5-3-7(2)6-4;4*1-3-5-4(2)7-6-3/h3-5H2,1-2H3;4*3-4H,1-2H3;6*3H,1-2H3;4*1-2H3. The van der Waals surface area contributed by atoms with Crippen molar-refractivity contribution in [3.8, 4) is 0 Å². The highest BCUT2D eigenvalue weighted by Crippen LogP contribution is 2.07. The van der Waals surface area contributed by atoms with Crippen LogP contribution in [0.2, 0.25) is 0 Å². The van der Waals surface area contributed by atoms with Gasteiger partial charge in [-0.15, -0.1) is 22.7 Å². The molecule has 36 heteroatoms. The van der Waals surface area contributed by atoms with Crippen LogP contribution in [0.5, 0.6) is 0 Å². The van der Waals surface area contributed by atoms with E-state index >= 15 is 0 Å². The summed E-state index contributed by atoms with van der Waals surface area (Å²) < 4.78 is 37.3. The number of hydrazone groups is 1. The molecule has 0 amide bonds. The summed E-state index contributed by atoms with van der Waals surface area (Å²) in [4.78, 5) is 39.6. The molecule has 0 bridgehead atoms. The van der Waals surface area contributed by atoms with Crippen molar-refractivity contribution in [3.63, 3.8) is 0 Å². The highest BCUT2D eigenvalue weighted by molar-refractivity contribution is 7.09. The number of hydrogen-bond donors (Lipinski definition) is 0. The Morgan fingerprint density at radius 2 is 0.755 bits per heavy atom. The lowest BCUT2D eigenvalue weighted by Crippen LogP contribution is -2.20. The summed E-state index contributed by atoms with van der Waals surface area (Å²) in [7, 11) is 13.3. The fourth-order valence-corrected chi connectivity index (χ4v) is 9.63. The maximum absolute atomic E-state index is 4.85. The van der Waals surface area contributed by atoms with Gasteiger partial charge < -0.3 is 22.9 Å². The summed E-state index contributed by atoms with van der Waals surface area (Å²) in [5.74, 6) is 7.50. The molecular formula is C70H110N28O4S4. The Bertz CT molecular complexity index is 3270. The van der Waals surface area contributed by atoms with Gasteiger partial charge in [-0.2, -0.15) is 54.4 Å². The molecule has 0 N–H and O–H groups in total. The minimum Gasteiger partial charge on any atom is -0.449 e. The van der Waals surface area contributed by atoms with Crippen LogP contribution in [0.15, 0.2) is 108 Å². The van der Waals surface area contributed by atoms with Gasteiger partial charge in [-0.05, 0) is 191 Å². The van der Waals surface area contributed by atoms with Gasteiger partial charge in [0.25, 0.3) is 0 Å². The largest absolute Gasteiger partial charge is 0.449 e. The van der Waals surface area contributed by atoms with Crippen LogP contribution in [0.1, 0.15) is 144 Å². The molecule has 0 atom stereocenters. The molecule has 14 aromatic rings. The van der Waals surface area contributed by atoms with E-state index in [0.717, 1.165) is 95.8 Å². The lowest BCUT2D eigenvalue weighted by Gasteiger charge is -2.18. The summed E-state index contributed by atoms with van der Waals surface area (Å²) in [6.45, 7) is 45.2. The highest BCUT2D eigenvalue weighted by Gasteiger charge is 2.02. The van der Waals surface area contributed by atoms with Gasteiger partial charge in [-0.1, -0.05) is 10.3 Å². The minimum absolute atomic E-state index is 0.623. The third-order valence-electron chi connectivity index (χ3n) is 11.6. The van der Waals surface area contributed by atoms with Crippen LogP contribution in [0.3, 0.4) is 0 Å². The predicted molar refractivity (Wildman–Crippen MR) is 420 cm³/mol. The Balaban J connectivity index is 0.000000568. The van der Waals surface area contributed by atoms with Crippen LogP contribution in [0, 0.1) is 152 Å². The molecule has 15 rings (SSSR count). The van der Waals surface area contributed by atoms with Crippen LogP contribution < -0.4 is 0 Å². The zero-order valence-corrected chi connectivity index (χ0v) is 70.8. The van der Waals surface area contributed by atoms with Crippen molar-refractivity contribution in [1.82, 2.24) is 133 Å². The van der Waals surface area contributed by atoms with Crippen LogP contribution in [-0.4, -0.2) is 152 Å². The lowest BCUT2D eigenvalue weighted by molar-refractivity contribution is 0.334. The summed E-state index contributed by atoms with van der Waals surface area (Å²) in [6.07, 6.45) is 20.5. The number of oxazole rings is 2. The van der Waals surface area contributed by atoms with Gasteiger partial charge >= 0.3 is 0 Å². The van der Waals surface area contributed by atoms with Crippen molar-refractivity contribution in [2.75, 3.05) is 13.6 Å². The van der Waals surface area contributed by atoms with E-state index in [9.17, 15) is 0 Å². The number of hydrogen-bond acceptors (Lipinski definition) is 30. The van der Waals surface area contributed by atoms with Crippen LogP contribution in [-0.2, 0) is 42.3 Å². The van der Waals surface area contributed by atoms with Gasteiger partial charge in [0.2, 0.25) is 11.8 Å². The average Bonchev–Trinajstić information content (AvgIpc) is 1.94. The van der Waals surface area contributed by atoms with Gasteiger partial charge in [0.05, 0.1) is 45.2 Å². The predicted octanol–water partition coefficient (Wildman–Crippen LogP) is 14.0. The summed E-state index contributed by atoms with van der Waals surface area (Å²) in [6, 6.07) is 3.94. The van der Waals surface area contributed by atoms with E-state index in [1.807, 2.05) is 228 Å². The molecule has 106 heavy (non-hydrogen) atoms. The molecule has 32 nitrogen and oxygen atoms in total. The third-order valence-corrected chi connectivity index (χ3v) is 14.8. The molecule has 0 aromatic carbocycles. The van der Waals surface area contributed by atoms with Crippen molar-refractivity contribution in [2.24, 2.45) is 47.4 Å². The maximum Gasteiger partial charge on any atom is 0.223 e. The minimum atomic E-state index is 0.623. The zero-order valence-electron chi connectivity index (χ0n) is 67.5. The topological polar surface area (TPSA) is 356 Å². The van der Waals surface area contributed by atoms with E-state index in [-0.39, 0.29) is 0 Å². The molecule has 0 aliphatic carbocycles. The molecule has 15 heterocycles. The van der Waals surface area contributed by atoms with Gasteiger partial charge in [0.1, 0.15) is 58.5 Å². The lowest BCUT2D eigenvalue weighted by atomic mass is 10.2. The Hall–Kier alpha value is -10.3. The van der Waals surface area contributed by atoms with Crippen molar-refractivity contribution < 1.29 is 17.9 Å². The molecule has 0 radical (unpaired) electrons. The first-order valence-electron chi connectivity index (χ1n) is 33.2. The van der Waals surface area contributed by atoms with E-state index in [4.69, 9.17) is 8.83 Å². The Morgan fingerprint density at radius 3 is 0.849 bits per heavy atom. The molecule has 0 saturated heterocycles. The Morgan fingerprint density at radius 1 is 0.368 bits per heavy atom. The van der Waals surface area contributed by atoms with Crippen LogP contribution in [0.4, 0.5) is 0 Å². The first-order valence-corrected chi connectivity index (χ1v) is 36.5. The molecule has 14 aromatic heterocycles.